The highest BCUT2D eigenvalue weighted by molar-refractivity contribution is 5.67. The molecule has 104 valence electrons. The molecule has 1 aliphatic rings. The van der Waals surface area contributed by atoms with Crippen LogP contribution in [0.1, 0.15) is 25.5 Å². The molecule has 0 atom stereocenters. The lowest BCUT2D eigenvalue weighted by atomic mass is 10.1. The molecular formula is C13H20N4O2. The second kappa shape index (κ2) is 7.04. The summed E-state index contributed by atoms with van der Waals surface area (Å²) < 4.78 is 4.99. The maximum absolute atomic E-state index is 11.5. The van der Waals surface area contributed by atoms with E-state index in [1.807, 2.05) is 6.92 Å². The third-order valence-electron chi connectivity index (χ3n) is 3.21. The van der Waals surface area contributed by atoms with Crippen molar-refractivity contribution in [1.82, 2.24) is 20.2 Å². The smallest absolute Gasteiger partial charge is 0.409 e. The maximum Gasteiger partial charge on any atom is 0.409 e. The van der Waals surface area contributed by atoms with Gasteiger partial charge in [-0.25, -0.2) is 4.79 Å². The summed E-state index contributed by atoms with van der Waals surface area (Å²) in [7, 11) is 0. The number of ether oxygens (including phenoxy) is 1. The molecule has 0 bridgehead atoms. The molecule has 1 aromatic heterocycles. The van der Waals surface area contributed by atoms with Crippen LogP contribution in [0.4, 0.5) is 4.79 Å². The molecule has 0 radical (unpaired) electrons. The van der Waals surface area contributed by atoms with Gasteiger partial charge in [-0.15, -0.1) is 0 Å². The van der Waals surface area contributed by atoms with Gasteiger partial charge in [0, 0.05) is 44.3 Å². The molecule has 1 aliphatic heterocycles. The normalized spacial score (nSPS) is 16.4. The van der Waals surface area contributed by atoms with Crippen LogP contribution in [0.3, 0.4) is 0 Å². The zero-order valence-electron chi connectivity index (χ0n) is 11.2. The number of likely N-dealkylation sites (tertiary alicyclic amines) is 1. The number of aromatic nitrogens is 2. The first-order valence-electron chi connectivity index (χ1n) is 6.69. The second-order valence-electron chi connectivity index (χ2n) is 4.54. The van der Waals surface area contributed by atoms with Gasteiger partial charge in [0.15, 0.2) is 0 Å². The van der Waals surface area contributed by atoms with Gasteiger partial charge in [-0.05, 0) is 19.8 Å². The van der Waals surface area contributed by atoms with Crippen LogP contribution in [-0.2, 0) is 11.3 Å². The summed E-state index contributed by atoms with van der Waals surface area (Å²) in [6.07, 6.45) is 6.82. The minimum atomic E-state index is -0.199. The summed E-state index contributed by atoms with van der Waals surface area (Å²) >= 11 is 0. The Morgan fingerprint density at radius 3 is 2.89 bits per heavy atom. The van der Waals surface area contributed by atoms with Crippen LogP contribution in [-0.4, -0.2) is 46.7 Å². The summed E-state index contributed by atoms with van der Waals surface area (Å²) in [4.78, 5) is 21.6. The van der Waals surface area contributed by atoms with E-state index < -0.39 is 0 Å². The van der Waals surface area contributed by atoms with Crippen LogP contribution in [0, 0.1) is 0 Å². The maximum atomic E-state index is 11.5. The molecule has 0 spiro atoms. The van der Waals surface area contributed by atoms with Crippen LogP contribution in [0.15, 0.2) is 18.6 Å². The van der Waals surface area contributed by atoms with Crippen molar-refractivity contribution in [2.24, 2.45) is 0 Å². The Hall–Kier alpha value is -1.69. The summed E-state index contributed by atoms with van der Waals surface area (Å²) in [5.41, 5.74) is 0.940. The Morgan fingerprint density at radius 1 is 1.47 bits per heavy atom. The van der Waals surface area contributed by atoms with Gasteiger partial charge in [-0.1, -0.05) is 0 Å². The molecule has 6 nitrogen and oxygen atoms in total. The molecule has 6 heteroatoms. The van der Waals surface area contributed by atoms with Crippen molar-refractivity contribution in [3.05, 3.63) is 24.3 Å². The van der Waals surface area contributed by atoms with Crippen LogP contribution < -0.4 is 5.32 Å². The quantitative estimate of drug-likeness (QED) is 0.884. The molecule has 2 rings (SSSR count). The van der Waals surface area contributed by atoms with Gasteiger partial charge in [-0.2, -0.15) is 0 Å². The summed E-state index contributed by atoms with van der Waals surface area (Å²) in [5.74, 6) is 0. The molecule has 19 heavy (non-hydrogen) atoms. The van der Waals surface area contributed by atoms with Gasteiger partial charge in [0.2, 0.25) is 0 Å². The topological polar surface area (TPSA) is 67.3 Å². The van der Waals surface area contributed by atoms with E-state index in [4.69, 9.17) is 4.74 Å². The van der Waals surface area contributed by atoms with Crippen LogP contribution >= 0.6 is 0 Å². The number of hydrogen-bond acceptors (Lipinski definition) is 5. The zero-order chi connectivity index (χ0) is 13.5. The number of nitrogens with one attached hydrogen (secondary N) is 1. The van der Waals surface area contributed by atoms with E-state index >= 15 is 0 Å². The Morgan fingerprint density at radius 2 is 2.26 bits per heavy atom. The molecule has 2 heterocycles. The Balaban J connectivity index is 1.70. The predicted molar refractivity (Wildman–Crippen MR) is 70.5 cm³/mol. The molecule has 1 fully saturated rings. The molecule has 0 aliphatic carbocycles. The predicted octanol–water partition coefficient (Wildman–Crippen LogP) is 1.19. The fourth-order valence-corrected chi connectivity index (χ4v) is 2.15. The van der Waals surface area contributed by atoms with E-state index in [-0.39, 0.29) is 6.09 Å². The molecule has 0 unspecified atom stereocenters. The SMILES string of the molecule is CCOC(=O)N1CCC(NCc2cnccn2)CC1. The number of rotatable bonds is 4. The number of amides is 1. The Kier molecular flexibility index (Phi) is 5.09. The first kappa shape index (κ1) is 13.7. The monoisotopic (exact) mass is 264 g/mol. The Labute approximate surface area is 113 Å². The molecule has 1 aromatic rings. The highest BCUT2D eigenvalue weighted by Crippen LogP contribution is 2.11. The van der Waals surface area contributed by atoms with Crippen molar-refractivity contribution in [3.63, 3.8) is 0 Å². The van der Waals surface area contributed by atoms with Crippen molar-refractivity contribution >= 4 is 6.09 Å². The fourth-order valence-electron chi connectivity index (χ4n) is 2.15. The van der Waals surface area contributed by atoms with Gasteiger partial charge in [0.05, 0.1) is 12.3 Å². The molecule has 1 N–H and O–H groups in total. The van der Waals surface area contributed by atoms with E-state index in [0.717, 1.165) is 38.2 Å². The third-order valence-corrected chi connectivity index (χ3v) is 3.21. The van der Waals surface area contributed by atoms with Crippen molar-refractivity contribution in [1.29, 1.82) is 0 Å². The highest BCUT2D eigenvalue weighted by Gasteiger charge is 2.23. The number of carbonyl (C=O) groups is 1. The third kappa shape index (κ3) is 4.17. The van der Waals surface area contributed by atoms with Gasteiger partial charge in [0.1, 0.15) is 0 Å². The average Bonchev–Trinajstić information content (AvgIpc) is 2.47. The van der Waals surface area contributed by atoms with Crippen LogP contribution in [0.2, 0.25) is 0 Å². The number of nitrogens with zero attached hydrogens (tertiary/aromatic N) is 3. The molecule has 1 saturated heterocycles. The lowest BCUT2D eigenvalue weighted by molar-refractivity contribution is 0.0949. The molecule has 1 amide bonds. The first-order valence-corrected chi connectivity index (χ1v) is 6.69. The van der Waals surface area contributed by atoms with Gasteiger partial charge < -0.3 is 15.0 Å². The van der Waals surface area contributed by atoms with Crippen molar-refractivity contribution < 1.29 is 9.53 Å². The first-order chi connectivity index (χ1) is 9.29. The lowest BCUT2D eigenvalue weighted by Gasteiger charge is -2.31. The van der Waals surface area contributed by atoms with E-state index in [2.05, 4.69) is 15.3 Å². The summed E-state index contributed by atoms with van der Waals surface area (Å²) in [5, 5.41) is 3.45. The zero-order valence-corrected chi connectivity index (χ0v) is 11.2. The number of carbonyl (C=O) groups excluding carboxylic acids is 1. The van der Waals surface area contributed by atoms with Gasteiger partial charge >= 0.3 is 6.09 Å². The van der Waals surface area contributed by atoms with Crippen molar-refractivity contribution in [2.45, 2.75) is 32.4 Å². The molecule has 0 aromatic carbocycles. The molecular weight excluding hydrogens is 244 g/mol. The Bertz CT molecular complexity index is 391. The average molecular weight is 264 g/mol. The van der Waals surface area contributed by atoms with E-state index in [1.165, 1.54) is 0 Å². The number of hydrogen-bond donors (Lipinski definition) is 1. The summed E-state index contributed by atoms with van der Waals surface area (Å²) in [6.45, 7) is 4.47. The minimum Gasteiger partial charge on any atom is -0.450 e. The molecule has 0 saturated carbocycles. The van der Waals surface area contributed by atoms with Crippen LogP contribution in [0.25, 0.3) is 0 Å². The second-order valence-corrected chi connectivity index (χ2v) is 4.54. The summed E-state index contributed by atoms with van der Waals surface area (Å²) in [6, 6.07) is 0.424. The lowest BCUT2D eigenvalue weighted by Crippen LogP contribution is -2.45. The minimum absolute atomic E-state index is 0.199. The fraction of sp³-hybridized carbons (Fsp3) is 0.615. The standard InChI is InChI=1S/C13H20N4O2/c1-2-19-13(18)17-7-3-11(4-8-17)16-10-12-9-14-5-6-15-12/h5-6,9,11,16H,2-4,7-8,10H2,1H3. The largest absolute Gasteiger partial charge is 0.450 e. The highest BCUT2D eigenvalue weighted by atomic mass is 16.6. The van der Waals surface area contributed by atoms with Crippen LogP contribution in [0.5, 0.6) is 0 Å². The van der Waals surface area contributed by atoms with Crippen molar-refractivity contribution in [2.75, 3.05) is 19.7 Å². The van der Waals surface area contributed by atoms with Gasteiger partial charge in [-0.3, -0.25) is 9.97 Å². The van der Waals surface area contributed by atoms with Gasteiger partial charge in [0.25, 0.3) is 0 Å². The van der Waals surface area contributed by atoms with E-state index in [9.17, 15) is 4.79 Å². The number of piperidine rings is 1. The van der Waals surface area contributed by atoms with Crippen molar-refractivity contribution in [3.8, 4) is 0 Å². The van der Waals surface area contributed by atoms with E-state index in [1.54, 1.807) is 23.5 Å². The van der Waals surface area contributed by atoms with E-state index in [0.29, 0.717) is 12.6 Å².